The lowest BCUT2D eigenvalue weighted by atomic mass is 10.5. The summed E-state index contributed by atoms with van der Waals surface area (Å²) in [6.45, 7) is 2.81. The highest BCUT2D eigenvalue weighted by Crippen LogP contribution is 1.70. The number of rotatable bonds is 2. The fourth-order valence-corrected chi connectivity index (χ4v) is 0.272. The Kier molecular flexibility index (Phi) is 3.65. The van der Waals surface area contributed by atoms with Crippen molar-refractivity contribution in [1.82, 2.24) is 5.01 Å². The highest BCUT2D eigenvalue weighted by atomic mass is 15.4. The van der Waals surface area contributed by atoms with Gasteiger partial charge in [-0.25, -0.2) is 5.01 Å². The van der Waals surface area contributed by atoms with Crippen LogP contribution in [0.3, 0.4) is 0 Å². The lowest BCUT2D eigenvalue weighted by Crippen LogP contribution is -2.25. The van der Waals surface area contributed by atoms with Gasteiger partial charge in [0.2, 0.25) is 0 Å². The van der Waals surface area contributed by atoms with Gasteiger partial charge in [-0.3, -0.25) is 5.84 Å². The van der Waals surface area contributed by atoms with E-state index in [0.29, 0.717) is 0 Å². The predicted octanol–water partition coefficient (Wildman–Crippen LogP) is 0.368. The van der Waals surface area contributed by atoms with Crippen LogP contribution in [0.4, 0.5) is 0 Å². The van der Waals surface area contributed by atoms with Crippen molar-refractivity contribution < 1.29 is 0 Å². The largest absolute Gasteiger partial charge is 0.269 e. The second-order valence-corrected chi connectivity index (χ2v) is 1.51. The van der Waals surface area contributed by atoms with Crippen molar-refractivity contribution in [2.24, 2.45) is 5.84 Å². The van der Waals surface area contributed by atoms with Gasteiger partial charge in [0.05, 0.1) is 0 Å². The van der Waals surface area contributed by atoms with E-state index in [1.54, 1.807) is 5.01 Å². The van der Waals surface area contributed by atoms with Crippen molar-refractivity contribution in [3.63, 3.8) is 0 Å². The number of allylic oxidation sites excluding steroid dienone is 1. The lowest BCUT2D eigenvalue weighted by Gasteiger charge is -2.02. The Morgan fingerprint density at radius 2 is 2.29 bits per heavy atom. The normalized spacial score (nSPS) is 11.4. The number of nitrogens with two attached hydrogens (primary N) is 1. The molecule has 0 spiro atoms. The maximum atomic E-state index is 5.26. The fourth-order valence-electron chi connectivity index (χ4n) is 0.272. The van der Waals surface area contributed by atoms with Gasteiger partial charge in [-0.15, -0.1) is 0 Å². The first-order valence-corrected chi connectivity index (χ1v) is 2.34. The van der Waals surface area contributed by atoms with E-state index in [1.807, 2.05) is 26.1 Å². The standard InChI is InChI=1S/C5H12N2/c1-3-4-5-7(2)6/h3-4H,5-6H2,1-2H3/b4-3-. The molecule has 0 aliphatic rings. The summed E-state index contributed by atoms with van der Waals surface area (Å²) in [7, 11) is 1.83. The van der Waals surface area contributed by atoms with E-state index < -0.39 is 0 Å². The molecule has 2 nitrogen and oxygen atoms in total. The lowest BCUT2D eigenvalue weighted by molar-refractivity contribution is 0.389. The monoisotopic (exact) mass is 100 g/mol. The van der Waals surface area contributed by atoms with Crippen LogP contribution in [-0.4, -0.2) is 18.6 Å². The maximum Gasteiger partial charge on any atom is 0.0306 e. The molecule has 0 saturated heterocycles. The molecule has 0 aromatic carbocycles. The van der Waals surface area contributed by atoms with E-state index in [2.05, 4.69) is 0 Å². The Labute approximate surface area is 44.6 Å². The van der Waals surface area contributed by atoms with Gasteiger partial charge in [0.1, 0.15) is 0 Å². The molecule has 0 bridgehead atoms. The molecule has 2 N–H and O–H groups in total. The molecule has 0 unspecified atom stereocenters. The summed E-state index contributed by atoms with van der Waals surface area (Å²) in [5.41, 5.74) is 0. The Bertz CT molecular complexity index is 57.1. The van der Waals surface area contributed by atoms with Crippen LogP contribution in [0.25, 0.3) is 0 Å². The molecular weight excluding hydrogens is 88.1 g/mol. The zero-order valence-electron chi connectivity index (χ0n) is 4.89. The van der Waals surface area contributed by atoms with Crippen molar-refractivity contribution in [2.45, 2.75) is 6.92 Å². The van der Waals surface area contributed by atoms with E-state index in [1.165, 1.54) is 0 Å². The summed E-state index contributed by atoms with van der Waals surface area (Å²) in [5, 5.41) is 1.62. The van der Waals surface area contributed by atoms with Crippen LogP contribution in [0.2, 0.25) is 0 Å². The zero-order chi connectivity index (χ0) is 5.70. The first-order valence-electron chi connectivity index (χ1n) is 2.34. The van der Waals surface area contributed by atoms with Crippen molar-refractivity contribution in [3.8, 4) is 0 Å². The summed E-state index contributed by atoms with van der Waals surface area (Å²) in [6, 6.07) is 0. The minimum Gasteiger partial charge on any atom is -0.269 e. The minimum absolute atomic E-state index is 0.830. The van der Waals surface area contributed by atoms with Crippen LogP contribution in [0.1, 0.15) is 6.92 Å². The van der Waals surface area contributed by atoms with Crippen LogP contribution in [0.15, 0.2) is 12.2 Å². The Morgan fingerprint density at radius 1 is 1.71 bits per heavy atom. The van der Waals surface area contributed by atoms with Gasteiger partial charge in [-0.1, -0.05) is 12.2 Å². The Hall–Kier alpha value is -0.340. The van der Waals surface area contributed by atoms with Crippen LogP contribution in [-0.2, 0) is 0 Å². The molecule has 0 amide bonds. The van der Waals surface area contributed by atoms with E-state index >= 15 is 0 Å². The molecule has 0 saturated carbocycles. The van der Waals surface area contributed by atoms with Gasteiger partial charge < -0.3 is 0 Å². The predicted molar refractivity (Wildman–Crippen MR) is 31.6 cm³/mol. The van der Waals surface area contributed by atoms with Crippen molar-refractivity contribution >= 4 is 0 Å². The number of nitrogens with zero attached hydrogens (tertiary/aromatic N) is 1. The SMILES string of the molecule is C/C=C\CN(C)N. The van der Waals surface area contributed by atoms with Gasteiger partial charge in [0, 0.05) is 13.6 Å². The van der Waals surface area contributed by atoms with Crippen LogP contribution >= 0.6 is 0 Å². The minimum atomic E-state index is 0.830. The fraction of sp³-hybridized carbons (Fsp3) is 0.600. The van der Waals surface area contributed by atoms with Gasteiger partial charge in [0.15, 0.2) is 0 Å². The molecule has 0 aromatic rings. The molecule has 7 heavy (non-hydrogen) atoms. The second-order valence-electron chi connectivity index (χ2n) is 1.51. The van der Waals surface area contributed by atoms with E-state index in [4.69, 9.17) is 5.84 Å². The molecule has 0 rings (SSSR count). The zero-order valence-corrected chi connectivity index (χ0v) is 4.89. The molecule has 0 aromatic heterocycles. The Balaban J connectivity index is 2.97. The quantitative estimate of drug-likeness (QED) is 0.308. The molecule has 0 atom stereocenters. The number of hydrazine groups is 1. The first kappa shape index (κ1) is 6.66. The summed E-state index contributed by atoms with van der Waals surface area (Å²) in [6.07, 6.45) is 3.98. The maximum absolute atomic E-state index is 5.26. The second kappa shape index (κ2) is 3.84. The molecule has 2 heteroatoms. The average Bonchev–Trinajstić information content (AvgIpc) is 1.61. The summed E-state index contributed by atoms with van der Waals surface area (Å²) < 4.78 is 0. The van der Waals surface area contributed by atoms with Crippen LogP contribution in [0, 0.1) is 0 Å². The number of likely N-dealkylation sites (N-methyl/N-ethyl adjacent to an activating group) is 1. The third kappa shape index (κ3) is 5.66. The highest BCUT2D eigenvalue weighted by Gasteiger charge is 1.77. The first-order chi connectivity index (χ1) is 3.27. The summed E-state index contributed by atoms with van der Waals surface area (Å²) >= 11 is 0. The van der Waals surface area contributed by atoms with Crippen LogP contribution < -0.4 is 5.84 Å². The molecule has 0 radical (unpaired) electrons. The van der Waals surface area contributed by atoms with Crippen molar-refractivity contribution in [2.75, 3.05) is 13.6 Å². The molecule has 0 fully saturated rings. The average molecular weight is 100 g/mol. The van der Waals surface area contributed by atoms with Gasteiger partial charge >= 0.3 is 0 Å². The molecular formula is C5H12N2. The van der Waals surface area contributed by atoms with E-state index in [-0.39, 0.29) is 0 Å². The Morgan fingerprint density at radius 3 is 2.43 bits per heavy atom. The van der Waals surface area contributed by atoms with E-state index in [0.717, 1.165) is 6.54 Å². The molecule has 0 aliphatic heterocycles. The van der Waals surface area contributed by atoms with Gasteiger partial charge in [0.25, 0.3) is 0 Å². The number of hydrogen-bond donors (Lipinski definition) is 1. The van der Waals surface area contributed by atoms with E-state index in [9.17, 15) is 0 Å². The van der Waals surface area contributed by atoms with Crippen molar-refractivity contribution in [3.05, 3.63) is 12.2 Å². The molecule has 42 valence electrons. The smallest absolute Gasteiger partial charge is 0.0306 e. The van der Waals surface area contributed by atoms with Crippen molar-refractivity contribution in [1.29, 1.82) is 0 Å². The third-order valence-electron chi connectivity index (χ3n) is 0.629. The highest BCUT2D eigenvalue weighted by molar-refractivity contribution is 4.78. The van der Waals surface area contributed by atoms with Gasteiger partial charge in [-0.05, 0) is 6.92 Å². The summed E-state index contributed by atoms with van der Waals surface area (Å²) in [4.78, 5) is 0. The molecule has 0 heterocycles. The third-order valence-corrected chi connectivity index (χ3v) is 0.629. The summed E-state index contributed by atoms with van der Waals surface area (Å²) in [5.74, 6) is 5.26. The molecule has 0 aliphatic carbocycles. The topological polar surface area (TPSA) is 29.3 Å². The van der Waals surface area contributed by atoms with Crippen LogP contribution in [0.5, 0.6) is 0 Å². The number of hydrogen-bond acceptors (Lipinski definition) is 2. The van der Waals surface area contributed by atoms with Gasteiger partial charge in [-0.2, -0.15) is 0 Å².